The van der Waals surface area contributed by atoms with Gasteiger partial charge in [0.1, 0.15) is 5.75 Å². The fourth-order valence-electron chi connectivity index (χ4n) is 2.65. The normalized spacial score (nSPS) is 10.3. The molecular formula is C22H29N3O5. The molecule has 0 aliphatic heterocycles. The molecule has 2 N–H and O–H groups in total. The molecule has 0 aliphatic rings. The largest absolute Gasteiger partial charge is 0.493 e. The molecule has 0 spiro atoms. The van der Waals surface area contributed by atoms with Gasteiger partial charge in [0.15, 0.2) is 5.75 Å². The molecule has 0 saturated carbocycles. The molecule has 0 heterocycles. The number of anilines is 1. The Morgan fingerprint density at radius 1 is 1.00 bits per heavy atom. The number of urea groups is 1. The standard InChI is InChI=1S/C22H29N3O5/c1-3-5-12-29-20-15-19(25(27)28)21(30-13-6-4-2)14-17(20)16-23-22(26)24-18-10-8-7-9-11-18/h7-11,14-15H,3-6,12-13,16H2,1-2H3,(H2,23,24,26). The number of nitro groups is 1. The van der Waals surface area contributed by atoms with Crippen LogP contribution in [0.4, 0.5) is 16.2 Å². The summed E-state index contributed by atoms with van der Waals surface area (Å²) in [6, 6.07) is 11.7. The van der Waals surface area contributed by atoms with Crippen LogP contribution in [0.25, 0.3) is 0 Å². The third-order valence-corrected chi connectivity index (χ3v) is 4.32. The van der Waals surface area contributed by atoms with E-state index >= 15 is 0 Å². The van der Waals surface area contributed by atoms with Crippen LogP contribution in [0.3, 0.4) is 0 Å². The molecule has 8 nitrogen and oxygen atoms in total. The van der Waals surface area contributed by atoms with Crippen molar-refractivity contribution in [1.82, 2.24) is 5.32 Å². The molecule has 0 fully saturated rings. The number of hydrogen-bond donors (Lipinski definition) is 2. The first-order chi connectivity index (χ1) is 14.5. The number of nitrogens with one attached hydrogen (secondary N) is 2. The van der Waals surface area contributed by atoms with Crippen molar-refractivity contribution in [3.63, 3.8) is 0 Å². The summed E-state index contributed by atoms with van der Waals surface area (Å²) in [7, 11) is 0. The van der Waals surface area contributed by atoms with Gasteiger partial charge in [-0.3, -0.25) is 10.1 Å². The van der Waals surface area contributed by atoms with Gasteiger partial charge >= 0.3 is 11.7 Å². The Morgan fingerprint density at radius 2 is 1.63 bits per heavy atom. The van der Waals surface area contributed by atoms with E-state index in [0.29, 0.717) is 30.2 Å². The van der Waals surface area contributed by atoms with E-state index in [1.54, 1.807) is 18.2 Å². The van der Waals surface area contributed by atoms with Gasteiger partial charge in [0.05, 0.1) is 24.2 Å². The third kappa shape index (κ3) is 7.27. The predicted molar refractivity (Wildman–Crippen MR) is 116 cm³/mol. The number of carbonyl (C=O) groups excluding carboxylic acids is 1. The molecule has 0 aliphatic carbocycles. The van der Waals surface area contributed by atoms with E-state index < -0.39 is 4.92 Å². The van der Waals surface area contributed by atoms with Crippen molar-refractivity contribution in [1.29, 1.82) is 0 Å². The molecular weight excluding hydrogens is 386 g/mol. The number of carbonyl (C=O) groups is 1. The summed E-state index contributed by atoms with van der Waals surface area (Å²) in [6.45, 7) is 5.01. The van der Waals surface area contributed by atoms with Gasteiger partial charge in [-0.1, -0.05) is 44.9 Å². The van der Waals surface area contributed by atoms with Crippen LogP contribution < -0.4 is 20.1 Å². The van der Waals surface area contributed by atoms with Crippen LogP contribution in [0.15, 0.2) is 42.5 Å². The van der Waals surface area contributed by atoms with E-state index in [4.69, 9.17) is 9.47 Å². The molecule has 2 aromatic carbocycles. The molecule has 2 rings (SSSR count). The van der Waals surface area contributed by atoms with Crippen molar-refractivity contribution in [2.24, 2.45) is 0 Å². The minimum Gasteiger partial charge on any atom is -0.493 e. The van der Waals surface area contributed by atoms with Crippen molar-refractivity contribution in [2.75, 3.05) is 18.5 Å². The van der Waals surface area contributed by atoms with Gasteiger partial charge in [-0.25, -0.2) is 4.79 Å². The summed E-state index contributed by atoms with van der Waals surface area (Å²) in [4.78, 5) is 23.3. The highest BCUT2D eigenvalue weighted by molar-refractivity contribution is 5.89. The maximum absolute atomic E-state index is 12.2. The summed E-state index contributed by atoms with van der Waals surface area (Å²) in [6.07, 6.45) is 3.47. The highest BCUT2D eigenvalue weighted by Crippen LogP contribution is 2.35. The second-order valence-electron chi connectivity index (χ2n) is 6.76. The Labute approximate surface area is 176 Å². The maximum Gasteiger partial charge on any atom is 0.319 e. The SMILES string of the molecule is CCCCOc1cc([N+](=O)[O-])c(OCCCC)cc1CNC(=O)Nc1ccccc1. The number of benzene rings is 2. The number of rotatable bonds is 12. The van der Waals surface area contributed by atoms with E-state index in [-0.39, 0.29) is 24.0 Å². The average molecular weight is 415 g/mol. The van der Waals surface area contributed by atoms with Crippen LogP contribution in [0.2, 0.25) is 0 Å². The second kappa shape index (κ2) is 12.3. The van der Waals surface area contributed by atoms with Crippen molar-refractivity contribution >= 4 is 17.4 Å². The number of ether oxygens (including phenoxy) is 2. The summed E-state index contributed by atoms with van der Waals surface area (Å²) < 4.78 is 11.4. The van der Waals surface area contributed by atoms with Crippen LogP contribution in [0, 0.1) is 10.1 Å². The number of amides is 2. The molecule has 162 valence electrons. The van der Waals surface area contributed by atoms with E-state index in [0.717, 1.165) is 25.7 Å². The Bertz CT molecular complexity index is 827. The number of hydrogen-bond acceptors (Lipinski definition) is 5. The van der Waals surface area contributed by atoms with Crippen molar-refractivity contribution in [2.45, 2.75) is 46.1 Å². The Kier molecular flexibility index (Phi) is 9.44. The lowest BCUT2D eigenvalue weighted by atomic mass is 10.1. The summed E-state index contributed by atoms with van der Waals surface area (Å²) >= 11 is 0. The lowest BCUT2D eigenvalue weighted by molar-refractivity contribution is -0.386. The van der Waals surface area contributed by atoms with Gasteiger partial charge in [-0.2, -0.15) is 0 Å². The molecule has 30 heavy (non-hydrogen) atoms. The minimum absolute atomic E-state index is 0.141. The summed E-state index contributed by atoms with van der Waals surface area (Å²) in [5.41, 5.74) is 1.14. The molecule has 0 radical (unpaired) electrons. The van der Waals surface area contributed by atoms with Crippen LogP contribution in [0.1, 0.15) is 45.1 Å². The van der Waals surface area contributed by atoms with Gasteiger partial charge in [-0.15, -0.1) is 0 Å². The van der Waals surface area contributed by atoms with Crippen molar-refractivity contribution < 1.29 is 19.2 Å². The van der Waals surface area contributed by atoms with E-state index in [1.807, 2.05) is 32.0 Å². The van der Waals surface area contributed by atoms with Crippen LogP contribution in [-0.4, -0.2) is 24.2 Å². The van der Waals surface area contributed by atoms with Crippen molar-refractivity contribution in [3.8, 4) is 11.5 Å². The molecule has 2 amide bonds. The predicted octanol–water partition coefficient (Wildman–Crippen LogP) is 5.27. The highest BCUT2D eigenvalue weighted by atomic mass is 16.6. The lowest BCUT2D eigenvalue weighted by Gasteiger charge is -2.15. The molecule has 8 heteroatoms. The molecule has 0 atom stereocenters. The number of nitrogens with zero attached hydrogens (tertiary/aromatic N) is 1. The first-order valence-corrected chi connectivity index (χ1v) is 10.2. The fraction of sp³-hybridized carbons (Fsp3) is 0.409. The van der Waals surface area contributed by atoms with Crippen LogP contribution >= 0.6 is 0 Å². The summed E-state index contributed by atoms with van der Waals surface area (Å²) in [5, 5.41) is 17.0. The topological polar surface area (TPSA) is 103 Å². The van der Waals surface area contributed by atoms with Crippen molar-refractivity contribution in [3.05, 3.63) is 58.1 Å². The first-order valence-electron chi connectivity index (χ1n) is 10.2. The molecule has 0 bridgehead atoms. The fourth-order valence-corrected chi connectivity index (χ4v) is 2.65. The number of unbranched alkanes of at least 4 members (excludes halogenated alkanes) is 2. The zero-order chi connectivity index (χ0) is 21.8. The third-order valence-electron chi connectivity index (χ3n) is 4.32. The molecule has 0 unspecified atom stereocenters. The number of para-hydroxylation sites is 1. The zero-order valence-corrected chi connectivity index (χ0v) is 17.5. The quantitative estimate of drug-likeness (QED) is 0.279. The van der Waals surface area contributed by atoms with E-state index in [2.05, 4.69) is 10.6 Å². The molecule has 0 saturated heterocycles. The summed E-state index contributed by atoms with van der Waals surface area (Å²) in [5.74, 6) is 0.551. The second-order valence-corrected chi connectivity index (χ2v) is 6.76. The monoisotopic (exact) mass is 415 g/mol. The Hall–Kier alpha value is -3.29. The molecule has 2 aromatic rings. The number of nitro benzene ring substituents is 1. The first kappa shape index (κ1) is 23.0. The van der Waals surface area contributed by atoms with Gasteiger partial charge in [0.25, 0.3) is 0 Å². The van der Waals surface area contributed by atoms with Crippen LogP contribution in [0.5, 0.6) is 11.5 Å². The van der Waals surface area contributed by atoms with Gasteiger partial charge < -0.3 is 20.1 Å². The van der Waals surface area contributed by atoms with Gasteiger partial charge in [0.2, 0.25) is 0 Å². The van der Waals surface area contributed by atoms with E-state index in [1.165, 1.54) is 6.07 Å². The van der Waals surface area contributed by atoms with Crippen LogP contribution in [-0.2, 0) is 6.54 Å². The maximum atomic E-state index is 12.2. The zero-order valence-electron chi connectivity index (χ0n) is 17.5. The minimum atomic E-state index is -0.479. The molecule has 0 aromatic heterocycles. The average Bonchev–Trinajstić information content (AvgIpc) is 2.74. The lowest BCUT2D eigenvalue weighted by Crippen LogP contribution is -2.28. The Morgan fingerprint density at radius 3 is 2.23 bits per heavy atom. The van der Waals surface area contributed by atoms with E-state index in [9.17, 15) is 14.9 Å². The van der Waals surface area contributed by atoms with Gasteiger partial charge in [-0.05, 0) is 31.0 Å². The smallest absolute Gasteiger partial charge is 0.319 e. The van der Waals surface area contributed by atoms with Gasteiger partial charge in [0, 0.05) is 17.8 Å². The Balaban J connectivity index is 2.18. The highest BCUT2D eigenvalue weighted by Gasteiger charge is 2.21.